The van der Waals surface area contributed by atoms with Crippen molar-refractivity contribution >= 4 is 32.5 Å². The molecule has 4 aromatic rings. The van der Waals surface area contributed by atoms with E-state index >= 15 is 0 Å². The van der Waals surface area contributed by atoms with E-state index in [0.717, 1.165) is 66.8 Å². The Morgan fingerprint density at radius 2 is 1.91 bits per heavy atom. The van der Waals surface area contributed by atoms with Gasteiger partial charge in [0, 0.05) is 68.7 Å². The van der Waals surface area contributed by atoms with Gasteiger partial charge in [0.25, 0.3) is 5.91 Å². The number of fused-ring (bicyclic) bond motifs is 2. The minimum atomic E-state index is -3.96. The molecule has 0 spiro atoms. The number of aryl methyl sites for hydroxylation is 1. The highest BCUT2D eigenvalue weighted by Crippen LogP contribution is 2.39. The van der Waals surface area contributed by atoms with Gasteiger partial charge >= 0.3 is 0 Å². The Balaban J connectivity index is 1.24. The molecule has 1 aliphatic carbocycles. The van der Waals surface area contributed by atoms with Gasteiger partial charge in [-0.3, -0.25) is 9.69 Å². The van der Waals surface area contributed by atoms with Crippen LogP contribution >= 0.6 is 0 Å². The molecular formula is C38H42N4O4S. The Kier molecular flexibility index (Phi) is 8.18. The van der Waals surface area contributed by atoms with Crippen molar-refractivity contribution < 1.29 is 17.9 Å². The average Bonchev–Trinajstić information content (AvgIpc) is 3.48. The quantitative estimate of drug-likeness (QED) is 0.246. The number of hydrogen-bond acceptors (Lipinski definition) is 6. The molecule has 0 N–H and O–H groups in total. The second kappa shape index (κ2) is 12.2. The number of pyridine rings is 1. The van der Waals surface area contributed by atoms with E-state index in [1.807, 2.05) is 36.4 Å². The van der Waals surface area contributed by atoms with Crippen molar-refractivity contribution in [3.8, 4) is 11.1 Å². The van der Waals surface area contributed by atoms with Crippen molar-refractivity contribution in [2.75, 3.05) is 33.9 Å². The van der Waals surface area contributed by atoms with Crippen LogP contribution in [0.2, 0.25) is 0 Å². The van der Waals surface area contributed by atoms with Gasteiger partial charge in [-0.15, -0.1) is 0 Å². The molecule has 2 aromatic heterocycles. The summed E-state index contributed by atoms with van der Waals surface area (Å²) in [4.78, 5) is 21.1. The Hall–Kier alpha value is -4.05. The van der Waals surface area contributed by atoms with Crippen molar-refractivity contribution in [1.29, 1.82) is 0 Å². The van der Waals surface area contributed by atoms with Crippen LogP contribution in [0.1, 0.15) is 58.8 Å². The first-order valence-corrected chi connectivity index (χ1v) is 17.9. The van der Waals surface area contributed by atoms with Crippen molar-refractivity contribution in [2.24, 2.45) is 0 Å². The predicted octanol–water partition coefficient (Wildman–Crippen LogP) is 6.23. The molecule has 9 heteroatoms. The zero-order chi connectivity index (χ0) is 32.9. The third kappa shape index (κ3) is 5.64. The lowest BCUT2D eigenvalue weighted by Gasteiger charge is -2.38. The van der Waals surface area contributed by atoms with E-state index in [2.05, 4.69) is 35.0 Å². The first-order chi connectivity index (χ1) is 22.6. The third-order valence-corrected chi connectivity index (χ3v) is 12.3. The molecule has 7 rings (SSSR count). The van der Waals surface area contributed by atoms with Crippen molar-refractivity contribution in [3.63, 3.8) is 0 Å². The predicted molar refractivity (Wildman–Crippen MR) is 187 cm³/mol. The van der Waals surface area contributed by atoms with Gasteiger partial charge in [-0.05, 0) is 103 Å². The third-order valence-electron chi connectivity index (χ3n) is 10.1. The maximum Gasteiger partial charge on any atom is 0.253 e. The standard InChI is InChI=1S/C38H42N4O4S/c1-26-20-30(21-31-23-41(18-15-33(26)31)32-9-7-19-46-25-32)29-8-5-16-38(2,22-29)47(44,45)42-24-35(34-10-6-17-39-36(34)42)27-11-13-28(14-12-27)37(43)40(3)4/h5-6,8,10-14,17,20-22,24,32H,7,9,15-16,18-19,23,25H2,1-4H3. The van der Waals surface area contributed by atoms with E-state index < -0.39 is 14.8 Å². The first-order valence-electron chi connectivity index (χ1n) is 16.4. The lowest BCUT2D eigenvalue weighted by atomic mass is 9.87. The summed E-state index contributed by atoms with van der Waals surface area (Å²) in [5, 5.41) is 0.736. The number of aromatic nitrogens is 2. The van der Waals surface area contributed by atoms with Crippen molar-refractivity contribution in [1.82, 2.24) is 18.8 Å². The van der Waals surface area contributed by atoms with E-state index in [4.69, 9.17) is 4.74 Å². The highest BCUT2D eigenvalue weighted by atomic mass is 32.2. The fraction of sp³-hybridized carbons (Fsp3) is 0.368. The summed E-state index contributed by atoms with van der Waals surface area (Å²) in [6.45, 7) is 7.56. The van der Waals surface area contributed by atoms with Gasteiger partial charge in [-0.1, -0.05) is 36.4 Å². The largest absolute Gasteiger partial charge is 0.380 e. The molecule has 0 radical (unpaired) electrons. The Labute approximate surface area is 277 Å². The number of benzene rings is 2. The Bertz CT molecular complexity index is 2020. The number of ether oxygens (including phenoxy) is 1. The molecule has 1 saturated heterocycles. The molecular weight excluding hydrogens is 609 g/mol. The average molecular weight is 651 g/mol. The van der Waals surface area contributed by atoms with Crippen LogP contribution in [0.4, 0.5) is 0 Å². The van der Waals surface area contributed by atoms with Crippen LogP contribution in [0.25, 0.3) is 27.7 Å². The molecule has 2 unspecified atom stereocenters. The number of carbonyl (C=O) groups excluding carboxylic acids is 1. The van der Waals surface area contributed by atoms with E-state index in [0.29, 0.717) is 23.7 Å². The normalized spacial score (nSPS) is 21.8. The van der Waals surface area contributed by atoms with Crippen LogP contribution in [0.5, 0.6) is 0 Å². The van der Waals surface area contributed by atoms with Crippen LogP contribution < -0.4 is 0 Å². The van der Waals surface area contributed by atoms with E-state index in [1.165, 1.54) is 32.0 Å². The topological polar surface area (TPSA) is 84.7 Å². The van der Waals surface area contributed by atoms with Gasteiger partial charge in [0.05, 0.1) is 6.61 Å². The smallest absolute Gasteiger partial charge is 0.253 e. The highest BCUT2D eigenvalue weighted by molar-refractivity contribution is 7.91. The molecule has 8 nitrogen and oxygen atoms in total. The van der Waals surface area contributed by atoms with Gasteiger partial charge in [-0.2, -0.15) is 0 Å². The SMILES string of the molecule is Cc1cc(C2=CC(C)(S(=O)(=O)n3cc(-c4ccc(C(=O)N(C)C)cc4)c4cccnc43)CC=C2)cc2c1CCN(C1CCCOC1)C2. The molecule has 4 heterocycles. The number of nitrogens with zero attached hydrogens (tertiary/aromatic N) is 4. The highest BCUT2D eigenvalue weighted by Gasteiger charge is 2.41. The van der Waals surface area contributed by atoms with Gasteiger partial charge in [0.2, 0.25) is 10.0 Å². The van der Waals surface area contributed by atoms with Gasteiger partial charge < -0.3 is 9.64 Å². The fourth-order valence-corrected chi connectivity index (χ4v) is 9.02. The number of carbonyl (C=O) groups is 1. The molecule has 3 aliphatic rings. The summed E-state index contributed by atoms with van der Waals surface area (Å²) in [7, 11) is -0.521. The summed E-state index contributed by atoms with van der Waals surface area (Å²) >= 11 is 0. The summed E-state index contributed by atoms with van der Waals surface area (Å²) in [5.41, 5.74) is 8.47. The van der Waals surface area contributed by atoms with Gasteiger partial charge in [0.15, 0.2) is 5.65 Å². The zero-order valence-electron chi connectivity index (χ0n) is 27.6. The molecule has 47 heavy (non-hydrogen) atoms. The summed E-state index contributed by atoms with van der Waals surface area (Å²) < 4.78 is 35.3. The summed E-state index contributed by atoms with van der Waals surface area (Å²) in [6.07, 6.45) is 12.9. The monoisotopic (exact) mass is 650 g/mol. The number of amides is 1. The Morgan fingerprint density at radius 1 is 1.11 bits per heavy atom. The van der Waals surface area contributed by atoms with Crippen LogP contribution in [0.3, 0.4) is 0 Å². The van der Waals surface area contributed by atoms with Crippen LogP contribution in [0.15, 0.2) is 79.2 Å². The van der Waals surface area contributed by atoms with Gasteiger partial charge in [-0.25, -0.2) is 17.4 Å². The number of allylic oxidation sites excluding steroid dienone is 3. The summed E-state index contributed by atoms with van der Waals surface area (Å²) in [5.74, 6) is -0.0886. The van der Waals surface area contributed by atoms with E-state index in [9.17, 15) is 13.2 Å². The Morgan fingerprint density at radius 3 is 2.66 bits per heavy atom. The minimum Gasteiger partial charge on any atom is -0.380 e. The number of hydrogen-bond donors (Lipinski definition) is 0. The summed E-state index contributed by atoms with van der Waals surface area (Å²) in [6, 6.07) is 15.9. The lowest BCUT2D eigenvalue weighted by Crippen LogP contribution is -2.44. The minimum absolute atomic E-state index is 0.0886. The molecule has 1 fully saturated rings. The van der Waals surface area contributed by atoms with Crippen LogP contribution in [0, 0.1) is 6.92 Å². The second-order valence-corrected chi connectivity index (χ2v) is 15.8. The molecule has 244 valence electrons. The van der Waals surface area contributed by atoms with Crippen molar-refractivity contribution in [2.45, 2.75) is 56.9 Å². The maximum absolute atomic E-state index is 14.7. The zero-order valence-corrected chi connectivity index (χ0v) is 28.4. The maximum atomic E-state index is 14.7. The molecule has 2 aliphatic heterocycles. The van der Waals surface area contributed by atoms with Gasteiger partial charge in [0.1, 0.15) is 4.75 Å². The molecule has 2 atom stereocenters. The van der Waals surface area contributed by atoms with E-state index in [-0.39, 0.29) is 5.91 Å². The molecule has 0 saturated carbocycles. The second-order valence-electron chi connectivity index (χ2n) is 13.5. The van der Waals surface area contributed by atoms with Crippen LogP contribution in [-0.4, -0.2) is 77.7 Å². The lowest BCUT2D eigenvalue weighted by molar-refractivity contribution is 0.0125. The fourth-order valence-electron chi connectivity index (χ4n) is 7.37. The molecule has 1 amide bonds. The first kappa shape index (κ1) is 31.5. The van der Waals surface area contributed by atoms with Crippen LogP contribution in [-0.2, 0) is 27.7 Å². The molecule has 2 aromatic carbocycles. The number of rotatable bonds is 6. The molecule has 0 bridgehead atoms. The van der Waals surface area contributed by atoms with Crippen molar-refractivity contribution in [3.05, 3.63) is 107 Å². The van der Waals surface area contributed by atoms with E-state index in [1.54, 1.807) is 45.5 Å².